The second-order valence-electron chi connectivity index (χ2n) is 6.60. The number of hydrogen-bond donors (Lipinski definition) is 1. The Kier molecular flexibility index (Phi) is 5.73. The van der Waals surface area contributed by atoms with Crippen LogP contribution in [-0.4, -0.2) is 55.3 Å². The van der Waals surface area contributed by atoms with E-state index < -0.39 is 27.1 Å². The van der Waals surface area contributed by atoms with Crippen LogP contribution in [0.4, 0.5) is 18.9 Å². The minimum atomic E-state index is -4.49. The van der Waals surface area contributed by atoms with E-state index in [2.05, 4.69) is 10.3 Å². The van der Waals surface area contributed by atoms with Crippen molar-refractivity contribution in [3.8, 4) is 0 Å². The van der Waals surface area contributed by atoms with Gasteiger partial charge in [0.1, 0.15) is 5.69 Å². The molecule has 0 aromatic carbocycles. The topological polar surface area (TPSA) is 71.5 Å². The Morgan fingerprint density at radius 2 is 1.81 bits per heavy atom. The van der Waals surface area contributed by atoms with Gasteiger partial charge in [0.05, 0.1) is 5.25 Å². The first kappa shape index (κ1) is 19.4. The van der Waals surface area contributed by atoms with E-state index in [1.54, 1.807) is 0 Å². The molecule has 0 atom stereocenters. The zero-order valence-electron chi connectivity index (χ0n) is 14.2. The number of sulfonamides is 1. The predicted molar refractivity (Wildman–Crippen MR) is 90.2 cm³/mol. The molecule has 0 bridgehead atoms. The zero-order valence-corrected chi connectivity index (χ0v) is 15.0. The summed E-state index contributed by atoms with van der Waals surface area (Å²) in [7, 11) is -3.34. The van der Waals surface area contributed by atoms with Crippen molar-refractivity contribution < 1.29 is 26.3 Å². The van der Waals surface area contributed by atoms with Gasteiger partial charge in [0.25, 0.3) is 0 Å². The van der Waals surface area contributed by atoms with Gasteiger partial charge in [-0.05, 0) is 37.8 Å². The number of halogens is 3. The van der Waals surface area contributed by atoms with Crippen molar-refractivity contribution in [2.45, 2.75) is 43.2 Å². The van der Waals surface area contributed by atoms with Crippen LogP contribution < -0.4 is 5.32 Å². The molecule has 2 aliphatic heterocycles. The molecule has 6 nitrogen and oxygen atoms in total. The molecule has 0 amide bonds. The Morgan fingerprint density at radius 3 is 2.42 bits per heavy atom. The maximum Gasteiger partial charge on any atom is 0.433 e. The smallest absolute Gasteiger partial charge is 0.382 e. The lowest BCUT2D eigenvalue weighted by atomic mass is 10.1. The van der Waals surface area contributed by atoms with Crippen molar-refractivity contribution in [1.29, 1.82) is 0 Å². The number of nitrogens with zero attached hydrogens (tertiary/aromatic N) is 2. The summed E-state index contributed by atoms with van der Waals surface area (Å²) in [6.07, 6.45) is -1.25. The minimum absolute atomic E-state index is 0.0698. The largest absolute Gasteiger partial charge is 0.433 e. The third kappa shape index (κ3) is 4.47. The lowest BCUT2D eigenvalue weighted by Crippen LogP contribution is -2.47. The molecule has 1 aromatic rings. The molecule has 0 spiro atoms. The van der Waals surface area contributed by atoms with E-state index in [1.807, 2.05) is 0 Å². The van der Waals surface area contributed by atoms with E-state index in [0.29, 0.717) is 57.7 Å². The summed E-state index contributed by atoms with van der Waals surface area (Å²) in [6, 6.07) is 2.39. The Balaban J connectivity index is 1.57. The minimum Gasteiger partial charge on any atom is -0.382 e. The van der Waals surface area contributed by atoms with Crippen LogP contribution in [0.5, 0.6) is 0 Å². The van der Waals surface area contributed by atoms with E-state index >= 15 is 0 Å². The Hall–Kier alpha value is -1.39. The van der Waals surface area contributed by atoms with Crippen LogP contribution in [0.2, 0.25) is 0 Å². The molecule has 2 saturated heterocycles. The lowest BCUT2D eigenvalue weighted by Gasteiger charge is -2.35. The van der Waals surface area contributed by atoms with Gasteiger partial charge in [-0.2, -0.15) is 13.2 Å². The molecule has 10 heteroatoms. The van der Waals surface area contributed by atoms with Gasteiger partial charge in [-0.15, -0.1) is 0 Å². The van der Waals surface area contributed by atoms with Gasteiger partial charge in [0, 0.05) is 44.2 Å². The maximum absolute atomic E-state index is 12.7. The third-order valence-electron chi connectivity index (χ3n) is 4.82. The van der Waals surface area contributed by atoms with Crippen molar-refractivity contribution in [2.24, 2.45) is 0 Å². The van der Waals surface area contributed by atoms with Crippen LogP contribution in [0.25, 0.3) is 0 Å². The van der Waals surface area contributed by atoms with Crippen LogP contribution in [0, 0.1) is 0 Å². The quantitative estimate of drug-likeness (QED) is 0.851. The monoisotopic (exact) mass is 393 g/mol. The second-order valence-corrected chi connectivity index (χ2v) is 8.81. The number of ether oxygens (including phenoxy) is 1. The molecule has 1 aromatic heterocycles. The number of aromatic nitrogens is 1. The first-order valence-corrected chi connectivity index (χ1v) is 10.1. The summed E-state index contributed by atoms with van der Waals surface area (Å²) in [5, 5.41) is 2.67. The SMILES string of the molecule is O=S(=O)(C1CCOCC1)N1CCC(Nc2ccnc(C(F)(F)F)c2)CC1. The van der Waals surface area contributed by atoms with Gasteiger partial charge in [0.15, 0.2) is 0 Å². The van der Waals surface area contributed by atoms with Crippen molar-refractivity contribution in [3.05, 3.63) is 24.0 Å². The van der Waals surface area contributed by atoms with Gasteiger partial charge in [-0.1, -0.05) is 0 Å². The van der Waals surface area contributed by atoms with Gasteiger partial charge < -0.3 is 10.1 Å². The highest BCUT2D eigenvalue weighted by Gasteiger charge is 2.36. The Morgan fingerprint density at radius 1 is 1.15 bits per heavy atom. The normalized spacial score (nSPS) is 21.7. The van der Waals surface area contributed by atoms with E-state index in [-0.39, 0.29) is 6.04 Å². The van der Waals surface area contributed by atoms with Gasteiger partial charge in [-0.3, -0.25) is 4.98 Å². The highest BCUT2D eigenvalue weighted by molar-refractivity contribution is 7.89. The molecular weight excluding hydrogens is 371 g/mol. The number of anilines is 1. The van der Waals surface area contributed by atoms with Gasteiger partial charge in [0.2, 0.25) is 10.0 Å². The molecular formula is C16H22F3N3O3S. The second kappa shape index (κ2) is 7.69. The predicted octanol–water partition coefficient (Wildman–Crippen LogP) is 2.49. The average molecular weight is 393 g/mol. The van der Waals surface area contributed by atoms with E-state index in [4.69, 9.17) is 4.74 Å². The van der Waals surface area contributed by atoms with Crippen LogP contribution >= 0.6 is 0 Å². The number of piperidine rings is 1. The number of rotatable bonds is 4. The number of pyridine rings is 1. The zero-order chi connectivity index (χ0) is 18.8. The molecule has 1 N–H and O–H groups in total. The van der Waals surface area contributed by atoms with Crippen LogP contribution in [0.3, 0.4) is 0 Å². The molecule has 3 rings (SSSR count). The summed E-state index contributed by atoms with van der Waals surface area (Å²) in [5.41, 5.74) is -0.597. The molecule has 2 fully saturated rings. The van der Waals surface area contributed by atoms with Gasteiger partial charge >= 0.3 is 6.18 Å². The third-order valence-corrected chi connectivity index (χ3v) is 7.22. The number of nitrogens with one attached hydrogen (secondary N) is 1. The number of hydrogen-bond acceptors (Lipinski definition) is 5. The lowest BCUT2D eigenvalue weighted by molar-refractivity contribution is -0.141. The van der Waals surface area contributed by atoms with Crippen LogP contribution in [0.15, 0.2) is 18.3 Å². The first-order chi connectivity index (χ1) is 12.3. The summed E-state index contributed by atoms with van der Waals surface area (Å²) in [4.78, 5) is 3.34. The van der Waals surface area contributed by atoms with Gasteiger partial charge in [-0.25, -0.2) is 12.7 Å². The van der Waals surface area contributed by atoms with Crippen molar-refractivity contribution in [3.63, 3.8) is 0 Å². The molecule has 0 saturated carbocycles. The molecule has 0 radical (unpaired) electrons. The molecule has 26 heavy (non-hydrogen) atoms. The first-order valence-electron chi connectivity index (χ1n) is 8.63. The summed E-state index contributed by atoms with van der Waals surface area (Å²) in [5.74, 6) is 0. The number of alkyl halides is 3. The summed E-state index contributed by atoms with van der Waals surface area (Å²) < 4.78 is 70.3. The molecule has 0 aliphatic carbocycles. The van der Waals surface area contributed by atoms with Crippen molar-refractivity contribution in [2.75, 3.05) is 31.6 Å². The van der Waals surface area contributed by atoms with E-state index in [1.165, 1.54) is 10.4 Å². The molecule has 3 heterocycles. The molecule has 146 valence electrons. The molecule has 2 aliphatic rings. The van der Waals surface area contributed by atoms with Crippen LogP contribution in [0.1, 0.15) is 31.4 Å². The Bertz CT molecular complexity index is 713. The highest BCUT2D eigenvalue weighted by Crippen LogP contribution is 2.30. The van der Waals surface area contributed by atoms with Crippen molar-refractivity contribution in [1.82, 2.24) is 9.29 Å². The fourth-order valence-corrected chi connectivity index (χ4v) is 5.28. The summed E-state index contributed by atoms with van der Waals surface area (Å²) in [6.45, 7) is 1.67. The van der Waals surface area contributed by atoms with E-state index in [0.717, 1.165) is 12.3 Å². The fraction of sp³-hybridized carbons (Fsp3) is 0.688. The molecule has 0 unspecified atom stereocenters. The van der Waals surface area contributed by atoms with Crippen molar-refractivity contribution >= 4 is 15.7 Å². The average Bonchev–Trinajstić information content (AvgIpc) is 2.62. The standard InChI is InChI=1S/C16H22F3N3O3S/c17-16(18,19)15-11-13(1-6-20-15)21-12-2-7-22(8-3-12)26(23,24)14-4-9-25-10-5-14/h1,6,11-12,14H,2-5,7-10H2,(H,20,21). The van der Waals surface area contributed by atoms with Crippen LogP contribution in [-0.2, 0) is 20.9 Å². The highest BCUT2D eigenvalue weighted by atomic mass is 32.2. The maximum atomic E-state index is 12.7. The Labute approximate surface area is 150 Å². The fourth-order valence-electron chi connectivity index (χ4n) is 3.35. The summed E-state index contributed by atoms with van der Waals surface area (Å²) >= 11 is 0. The van der Waals surface area contributed by atoms with E-state index in [9.17, 15) is 21.6 Å².